The minimum atomic E-state index is -1.47. The molecule has 2 saturated heterocycles. The number of hydrogen-bond acceptors (Lipinski definition) is 23. The lowest BCUT2D eigenvalue weighted by Gasteiger charge is -2.43. The van der Waals surface area contributed by atoms with Crippen LogP contribution in [0, 0.1) is 25.5 Å². The number of carbonyl (C=O) groups is 8. The Hall–Kier alpha value is -7.92. The third kappa shape index (κ3) is 21.7. The van der Waals surface area contributed by atoms with Gasteiger partial charge in [0, 0.05) is 103 Å². The van der Waals surface area contributed by atoms with Crippen molar-refractivity contribution >= 4 is 63.7 Å². The van der Waals surface area contributed by atoms with Gasteiger partial charge >= 0.3 is 47.8 Å². The molecule has 0 aliphatic carbocycles. The van der Waals surface area contributed by atoms with Crippen molar-refractivity contribution in [2.75, 3.05) is 26.4 Å². The first kappa shape index (κ1) is 73.5. The number of ether oxygens (including phenoxy) is 13. The van der Waals surface area contributed by atoms with Crippen molar-refractivity contribution in [3.8, 4) is 17.4 Å². The number of aromatic amines is 1. The summed E-state index contributed by atoms with van der Waals surface area (Å²) >= 11 is 3.18. The number of rotatable bonds is 22. The first-order valence-electron chi connectivity index (χ1n) is 28.4. The summed E-state index contributed by atoms with van der Waals surface area (Å²) in [7, 11) is 0. The molecule has 0 spiro atoms. The van der Waals surface area contributed by atoms with E-state index in [2.05, 4.69) is 26.1 Å². The highest BCUT2D eigenvalue weighted by Crippen LogP contribution is 2.36. The summed E-state index contributed by atoms with van der Waals surface area (Å²) in [4.78, 5) is 105. The smallest absolute Gasteiger partial charge is 0.303 e. The Labute approximate surface area is 521 Å². The van der Waals surface area contributed by atoms with Gasteiger partial charge in [0.25, 0.3) is 5.56 Å². The summed E-state index contributed by atoms with van der Waals surface area (Å²) in [5, 5.41) is 6.57. The minimum Gasteiger partial charge on any atom is -0.491 e. The fourth-order valence-electron chi connectivity index (χ4n) is 9.45. The molecule has 2 aliphatic rings. The van der Waals surface area contributed by atoms with Crippen LogP contribution in [-0.2, 0) is 98.6 Å². The number of nitrogens with zero attached hydrogens (tertiary/aromatic N) is 3. The Morgan fingerprint density at radius 3 is 1.36 bits per heavy atom. The van der Waals surface area contributed by atoms with E-state index in [1.165, 1.54) is 39.0 Å². The molecular formula is C60H79BrF2N4O22. The van der Waals surface area contributed by atoms with Crippen LogP contribution in [-0.4, -0.2) is 154 Å². The van der Waals surface area contributed by atoms with Crippen LogP contribution in [0.5, 0.6) is 17.4 Å². The van der Waals surface area contributed by atoms with Crippen molar-refractivity contribution in [2.45, 2.75) is 196 Å². The molecule has 0 radical (unpaired) electrons. The quantitative estimate of drug-likeness (QED) is 0.0469. The van der Waals surface area contributed by atoms with E-state index in [0.29, 0.717) is 36.3 Å². The third-order valence-electron chi connectivity index (χ3n) is 13.0. The number of aromatic nitrogens is 4. The standard InChI is InChI=1S/C30H39FN2O11.C16H21FN2O2.C14H19BrO9/c1-9-38-24-11-10-21(13-23(24)31)12-22-16(4)33(15(2)3)32-29(22)44-30-28(42-20(8)37)27(41-19(7)36)26(40-18(6)35)25(43-30)14-39-17(5)34;1-5-21-15-7-6-12(9-14(15)17)8-13-11(4)19(10(2)3)18-16(13)20;1-6(16)20-5-10-11(21-7(2)17)12(22-8(3)18)13(14(15)24-10)23-9(4)19/h10-11,13,15,25-28,30H,9,12,14H2,1-8H3;6-7,9-10H,5,8H2,1-4H3,(H,18,20);10-14H,5H2,1-4H3/t25-,26-,27+,28-,30+;;10-,11-,12+,13-,14+/m1.1/s1. The van der Waals surface area contributed by atoms with Gasteiger partial charge in [-0.15, -0.1) is 5.10 Å². The first-order valence-corrected chi connectivity index (χ1v) is 29.3. The monoisotopic (exact) mass is 1320 g/mol. The maximum atomic E-state index is 14.7. The van der Waals surface area contributed by atoms with Gasteiger partial charge in [-0.2, -0.15) is 0 Å². The van der Waals surface area contributed by atoms with Crippen molar-refractivity contribution < 1.29 is 109 Å². The van der Waals surface area contributed by atoms with Gasteiger partial charge in [-0.3, -0.25) is 57.6 Å². The van der Waals surface area contributed by atoms with E-state index in [0.717, 1.165) is 51.6 Å². The van der Waals surface area contributed by atoms with Crippen LogP contribution in [0.15, 0.2) is 41.2 Å². The maximum absolute atomic E-state index is 14.7. The van der Waals surface area contributed by atoms with Gasteiger partial charge in [0.05, 0.1) is 13.2 Å². The summed E-state index contributed by atoms with van der Waals surface area (Å²) in [5.41, 5.74) is 4.10. The number of nitrogens with one attached hydrogen (secondary N) is 1. The molecule has 4 heterocycles. The largest absolute Gasteiger partial charge is 0.491 e. The predicted molar refractivity (Wildman–Crippen MR) is 312 cm³/mol. The molecule has 2 fully saturated rings. The Kier molecular flexibility index (Phi) is 28.2. The molecule has 10 atom stereocenters. The summed E-state index contributed by atoms with van der Waals surface area (Å²) < 4.78 is 102. The maximum Gasteiger partial charge on any atom is 0.303 e. The lowest BCUT2D eigenvalue weighted by Crippen LogP contribution is -2.63. The number of halogens is 3. The van der Waals surface area contributed by atoms with Gasteiger partial charge in [0.15, 0.2) is 58.7 Å². The van der Waals surface area contributed by atoms with Gasteiger partial charge in [0.1, 0.15) is 25.4 Å². The normalized spacial score (nSPS) is 21.1. The van der Waals surface area contributed by atoms with E-state index in [4.69, 9.17) is 61.6 Å². The molecule has 29 heteroatoms. The highest BCUT2D eigenvalue weighted by molar-refractivity contribution is 9.09. The van der Waals surface area contributed by atoms with Crippen molar-refractivity contribution in [2.24, 2.45) is 0 Å². The zero-order chi connectivity index (χ0) is 66.7. The number of H-pyrrole nitrogens is 1. The van der Waals surface area contributed by atoms with E-state index >= 15 is 0 Å². The molecule has 26 nitrogen and oxygen atoms in total. The van der Waals surface area contributed by atoms with Crippen molar-refractivity contribution in [3.05, 3.63) is 92.0 Å². The molecule has 0 bridgehead atoms. The molecular weight excluding hydrogens is 1250 g/mol. The van der Waals surface area contributed by atoms with E-state index < -0.39 is 126 Å². The highest BCUT2D eigenvalue weighted by Gasteiger charge is 2.54. The van der Waals surface area contributed by atoms with Gasteiger partial charge in [-0.1, -0.05) is 28.1 Å². The fraction of sp³-hybridized carbons (Fsp3) is 0.567. The van der Waals surface area contributed by atoms with Crippen LogP contribution in [0.3, 0.4) is 0 Å². The van der Waals surface area contributed by atoms with Gasteiger partial charge in [-0.25, -0.2) is 8.78 Å². The number of benzene rings is 2. The second-order valence-corrected chi connectivity index (χ2v) is 21.8. The molecule has 0 saturated carbocycles. The molecule has 4 aromatic rings. The Morgan fingerprint density at radius 1 is 0.562 bits per heavy atom. The molecule has 1 N–H and O–H groups in total. The molecule has 6 rings (SSSR count). The lowest BCUT2D eigenvalue weighted by molar-refractivity contribution is -0.289. The molecule has 0 amide bonds. The zero-order valence-electron chi connectivity index (χ0n) is 52.6. The average Bonchev–Trinajstić information content (AvgIpc) is 2.03. The molecule has 2 aromatic heterocycles. The Morgan fingerprint density at radius 2 is 0.966 bits per heavy atom. The molecule has 0 unspecified atom stereocenters. The van der Waals surface area contributed by atoms with E-state index in [-0.39, 0.29) is 48.0 Å². The third-order valence-corrected chi connectivity index (χ3v) is 13.7. The fourth-order valence-corrected chi connectivity index (χ4v) is 10.1. The van der Waals surface area contributed by atoms with Crippen molar-refractivity contribution in [1.82, 2.24) is 19.6 Å². The van der Waals surface area contributed by atoms with Gasteiger partial charge in [-0.05, 0) is 90.8 Å². The second kappa shape index (κ2) is 34.2. The number of hydrogen-bond donors (Lipinski definition) is 1. The zero-order valence-corrected chi connectivity index (χ0v) is 54.2. The Bertz CT molecular complexity index is 3180. The number of carbonyl (C=O) groups excluding carboxylic acids is 8. The van der Waals surface area contributed by atoms with E-state index in [9.17, 15) is 51.9 Å². The topological polar surface area (TPSA) is 312 Å². The van der Waals surface area contributed by atoms with Crippen LogP contribution in [0.2, 0.25) is 0 Å². The van der Waals surface area contributed by atoms with E-state index in [1.54, 1.807) is 29.8 Å². The SMILES string of the molecule is CC(=O)OC[C@H]1O[C@H](Br)[C@H](OC(C)=O)[C@@H](OC(C)=O)[C@@H]1OC(C)=O.CCOc1ccc(Cc2c(C)n(C(C)C)[nH]c2=O)cc1F.CCOc1ccc(Cc2c(O[C@@H]3O[C@H](COC(C)=O)[C@@H](OC(C)=O)[C@H](OC(C)=O)[C@H]3OC(C)=O)nn(C(C)C)c2C)cc1F. The molecule has 89 heavy (non-hydrogen) atoms. The van der Waals surface area contributed by atoms with Crippen LogP contribution in [0.25, 0.3) is 0 Å². The van der Waals surface area contributed by atoms with E-state index in [1.807, 2.05) is 53.1 Å². The van der Waals surface area contributed by atoms with Crippen LogP contribution in [0.4, 0.5) is 8.78 Å². The van der Waals surface area contributed by atoms with Gasteiger partial charge < -0.3 is 61.6 Å². The second-order valence-electron chi connectivity index (χ2n) is 20.9. The van der Waals surface area contributed by atoms with Crippen LogP contribution in [0.1, 0.15) is 143 Å². The number of alkyl halides is 1. The molecule has 492 valence electrons. The average molecular weight is 1330 g/mol. The first-order chi connectivity index (χ1) is 41.8. The number of esters is 8. The summed E-state index contributed by atoms with van der Waals surface area (Å²) in [5.74, 6) is -5.93. The molecule has 2 aliphatic heterocycles. The van der Waals surface area contributed by atoms with Crippen molar-refractivity contribution in [1.29, 1.82) is 0 Å². The summed E-state index contributed by atoms with van der Waals surface area (Å²) in [6, 6.07) is 9.53. The highest BCUT2D eigenvalue weighted by atomic mass is 79.9. The predicted octanol–water partition coefficient (Wildman–Crippen LogP) is 7.02. The summed E-state index contributed by atoms with van der Waals surface area (Å²) in [6.07, 6.45) is -10.5. The van der Waals surface area contributed by atoms with Crippen LogP contribution < -0.4 is 19.8 Å². The summed E-state index contributed by atoms with van der Waals surface area (Å²) in [6.45, 7) is 24.5. The van der Waals surface area contributed by atoms with Crippen molar-refractivity contribution in [3.63, 3.8) is 0 Å². The minimum absolute atomic E-state index is 0.0754. The lowest BCUT2D eigenvalue weighted by atomic mass is 9.98. The van der Waals surface area contributed by atoms with Gasteiger partial charge in [0.2, 0.25) is 18.3 Å². The Balaban J connectivity index is 0.000000316. The molecule has 2 aromatic carbocycles. The van der Waals surface area contributed by atoms with Crippen LogP contribution >= 0.6 is 15.9 Å².